The Morgan fingerprint density at radius 1 is 1.62 bits per heavy atom. The molecule has 0 aliphatic heterocycles. The fourth-order valence-electron chi connectivity index (χ4n) is 2.00. The summed E-state index contributed by atoms with van der Waals surface area (Å²) in [5.41, 5.74) is 0.699. The summed E-state index contributed by atoms with van der Waals surface area (Å²) in [6.07, 6.45) is 9.11. The molecule has 0 atom stereocenters. The lowest BCUT2D eigenvalue weighted by molar-refractivity contribution is 0.170. The van der Waals surface area contributed by atoms with Crippen molar-refractivity contribution in [2.75, 3.05) is 0 Å². The highest BCUT2D eigenvalue weighted by atomic mass is 14.5. The zero-order valence-electron chi connectivity index (χ0n) is 5.35. The van der Waals surface area contributed by atoms with Crippen molar-refractivity contribution in [2.45, 2.75) is 26.2 Å². The predicted molar refractivity (Wildman–Crippen MR) is 34.6 cm³/mol. The summed E-state index contributed by atoms with van der Waals surface area (Å²) in [5.74, 6) is 0.981. The molecule has 0 aromatic carbocycles. The Balaban J connectivity index is 2.19. The van der Waals surface area contributed by atoms with Crippen molar-refractivity contribution in [2.24, 2.45) is 11.3 Å². The van der Waals surface area contributed by atoms with E-state index in [0.717, 1.165) is 5.92 Å². The summed E-state index contributed by atoms with van der Waals surface area (Å²) in [7, 11) is 0. The van der Waals surface area contributed by atoms with Crippen LogP contribution in [0.4, 0.5) is 0 Å². The largest absolute Gasteiger partial charge is 0.0848 e. The van der Waals surface area contributed by atoms with Crippen LogP contribution in [0.15, 0.2) is 12.2 Å². The van der Waals surface area contributed by atoms with Gasteiger partial charge < -0.3 is 0 Å². The molecule has 0 amide bonds. The summed E-state index contributed by atoms with van der Waals surface area (Å²) in [6, 6.07) is 0. The maximum atomic E-state index is 2.43. The topological polar surface area (TPSA) is 0 Å². The molecule has 0 heterocycles. The predicted octanol–water partition coefficient (Wildman–Crippen LogP) is 2.36. The molecule has 1 saturated carbocycles. The Morgan fingerprint density at radius 2 is 2.38 bits per heavy atom. The van der Waals surface area contributed by atoms with E-state index >= 15 is 0 Å². The maximum Gasteiger partial charge on any atom is -0.0110 e. The van der Waals surface area contributed by atoms with Gasteiger partial charge in [-0.3, -0.25) is 0 Å². The zero-order chi connectivity index (χ0) is 5.61. The highest BCUT2D eigenvalue weighted by Gasteiger charge is 2.43. The van der Waals surface area contributed by atoms with E-state index in [2.05, 4.69) is 19.1 Å². The molecule has 0 saturated heterocycles. The molecule has 8 heavy (non-hydrogen) atoms. The van der Waals surface area contributed by atoms with Gasteiger partial charge in [0.1, 0.15) is 0 Å². The van der Waals surface area contributed by atoms with Gasteiger partial charge in [0, 0.05) is 0 Å². The molecule has 0 aromatic heterocycles. The van der Waals surface area contributed by atoms with Crippen molar-refractivity contribution in [1.82, 2.24) is 0 Å². The fourth-order valence-corrected chi connectivity index (χ4v) is 2.00. The lowest BCUT2D eigenvalue weighted by atomic mass is 9.67. The Hall–Kier alpha value is -0.260. The van der Waals surface area contributed by atoms with Crippen molar-refractivity contribution in [3.63, 3.8) is 0 Å². The van der Waals surface area contributed by atoms with Crippen LogP contribution < -0.4 is 0 Å². The quantitative estimate of drug-likeness (QED) is 0.452. The molecule has 1 fully saturated rings. The van der Waals surface area contributed by atoms with Crippen LogP contribution in [0, 0.1) is 11.3 Å². The standard InChI is InChI=1S/C8H12/c1-2-8-4-3-7(5-8)6-8/h3-4,7H,2,5-6H2,1H3. The maximum absolute atomic E-state index is 2.43. The normalized spacial score (nSPS) is 49.4. The van der Waals surface area contributed by atoms with E-state index < -0.39 is 0 Å². The van der Waals surface area contributed by atoms with Crippen LogP contribution in [-0.2, 0) is 0 Å². The van der Waals surface area contributed by atoms with Gasteiger partial charge in [-0.15, -0.1) is 0 Å². The number of allylic oxidation sites excluding steroid dienone is 2. The Labute approximate surface area is 50.6 Å². The van der Waals surface area contributed by atoms with Gasteiger partial charge in [0.05, 0.1) is 0 Å². The molecule has 2 bridgehead atoms. The third-order valence-electron chi connectivity index (χ3n) is 2.76. The Bertz CT molecular complexity index is 127. The molecule has 0 spiro atoms. The molecule has 0 nitrogen and oxygen atoms in total. The first kappa shape index (κ1) is 4.60. The molecule has 0 heteroatoms. The Kier molecular flexibility index (Phi) is 0.677. The lowest BCUT2D eigenvalue weighted by Gasteiger charge is -2.37. The second-order valence-electron chi connectivity index (χ2n) is 3.24. The van der Waals surface area contributed by atoms with Gasteiger partial charge in [-0.1, -0.05) is 19.1 Å². The van der Waals surface area contributed by atoms with Crippen LogP contribution in [0.5, 0.6) is 0 Å². The summed E-state index contributed by atoms with van der Waals surface area (Å²) in [4.78, 5) is 0. The molecular formula is C8H12. The first-order valence-electron chi connectivity index (χ1n) is 3.54. The van der Waals surface area contributed by atoms with Gasteiger partial charge in [0.25, 0.3) is 0 Å². The zero-order valence-corrected chi connectivity index (χ0v) is 5.35. The summed E-state index contributed by atoms with van der Waals surface area (Å²) in [6.45, 7) is 2.30. The number of hydrogen-bond acceptors (Lipinski definition) is 0. The minimum absolute atomic E-state index is 0.699. The third kappa shape index (κ3) is 0.367. The van der Waals surface area contributed by atoms with Crippen molar-refractivity contribution >= 4 is 0 Å². The van der Waals surface area contributed by atoms with E-state index in [4.69, 9.17) is 0 Å². The van der Waals surface area contributed by atoms with Gasteiger partial charge in [0.15, 0.2) is 0 Å². The van der Waals surface area contributed by atoms with E-state index in [1.807, 2.05) is 0 Å². The van der Waals surface area contributed by atoms with E-state index in [-0.39, 0.29) is 0 Å². The average molecular weight is 108 g/mol. The molecule has 0 aromatic rings. The van der Waals surface area contributed by atoms with Crippen LogP contribution in [0.3, 0.4) is 0 Å². The van der Waals surface area contributed by atoms with E-state index in [1.54, 1.807) is 0 Å². The highest BCUT2D eigenvalue weighted by molar-refractivity contribution is 5.19. The summed E-state index contributed by atoms with van der Waals surface area (Å²) in [5, 5.41) is 0. The van der Waals surface area contributed by atoms with Gasteiger partial charge in [-0.25, -0.2) is 0 Å². The van der Waals surface area contributed by atoms with E-state index in [0.29, 0.717) is 5.41 Å². The minimum Gasteiger partial charge on any atom is -0.0848 e. The van der Waals surface area contributed by atoms with Crippen molar-refractivity contribution < 1.29 is 0 Å². The highest BCUT2D eigenvalue weighted by Crippen LogP contribution is 2.55. The molecule has 44 valence electrons. The number of rotatable bonds is 1. The minimum atomic E-state index is 0.699. The van der Waals surface area contributed by atoms with Crippen molar-refractivity contribution in [3.8, 4) is 0 Å². The fraction of sp³-hybridized carbons (Fsp3) is 0.750. The van der Waals surface area contributed by atoms with Crippen LogP contribution in [-0.4, -0.2) is 0 Å². The number of hydrogen-bond donors (Lipinski definition) is 0. The van der Waals surface area contributed by atoms with Crippen LogP contribution in [0.2, 0.25) is 0 Å². The molecule has 3 aliphatic rings. The van der Waals surface area contributed by atoms with E-state index in [9.17, 15) is 0 Å². The monoisotopic (exact) mass is 108 g/mol. The second-order valence-corrected chi connectivity index (χ2v) is 3.24. The molecule has 3 rings (SSSR count). The molecule has 0 N–H and O–H groups in total. The molecule has 0 radical (unpaired) electrons. The van der Waals surface area contributed by atoms with Crippen molar-refractivity contribution in [1.29, 1.82) is 0 Å². The molecule has 0 unspecified atom stereocenters. The van der Waals surface area contributed by atoms with Gasteiger partial charge in [-0.2, -0.15) is 0 Å². The smallest absolute Gasteiger partial charge is 0.0110 e. The first-order valence-corrected chi connectivity index (χ1v) is 3.54. The summed E-state index contributed by atoms with van der Waals surface area (Å²) < 4.78 is 0. The van der Waals surface area contributed by atoms with Crippen molar-refractivity contribution in [3.05, 3.63) is 12.2 Å². The average Bonchev–Trinajstić information content (AvgIpc) is 2.17. The van der Waals surface area contributed by atoms with Crippen LogP contribution in [0.25, 0.3) is 0 Å². The van der Waals surface area contributed by atoms with Gasteiger partial charge in [-0.05, 0) is 30.6 Å². The van der Waals surface area contributed by atoms with Gasteiger partial charge >= 0.3 is 0 Å². The lowest BCUT2D eigenvalue weighted by Crippen LogP contribution is -2.27. The van der Waals surface area contributed by atoms with E-state index in [1.165, 1.54) is 19.3 Å². The van der Waals surface area contributed by atoms with Crippen LogP contribution in [0.1, 0.15) is 26.2 Å². The Morgan fingerprint density at radius 3 is 2.62 bits per heavy atom. The van der Waals surface area contributed by atoms with Crippen LogP contribution >= 0.6 is 0 Å². The third-order valence-corrected chi connectivity index (χ3v) is 2.76. The molecule has 3 aliphatic carbocycles. The second kappa shape index (κ2) is 1.18. The molecular weight excluding hydrogens is 96.1 g/mol. The van der Waals surface area contributed by atoms with Gasteiger partial charge in [0.2, 0.25) is 0 Å². The first-order chi connectivity index (χ1) is 3.85. The SMILES string of the molecule is CCC12C=CC(C1)C2. The summed E-state index contributed by atoms with van der Waals surface area (Å²) >= 11 is 0.